The first-order valence-electron chi connectivity index (χ1n) is 10.5. The number of aromatic carboxylic acids is 1. The van der Waals surface area contributed by atoms with Crippen molar-refractivity contribution in [1.82, 2.24) is 5.32 Å². The van der Waals surface area contributed by atoms with Gasteiger partial charge in [-0.05, 0) is 78.4 Å². The molecule has 1 aliphatic carbocycles. The molecule has 0 amide bonds. The summed E-state index contributed by atoms with van der Waals surface area (Å²) in [4.78, 5) is 11.3. The van der Waals surface area contributed by atoms with E-state index in [2.05, 4.69) is 11.4 Å². The van der Waals surface area contributed by atoms with Gasteiger partial charge in [0.15, 0.2) is 0 Å². The summed E-state index contributed by atoms with van der Waals surface area (Å²) in [5.74, 6) is -0.0246. The summed E-state index contributed by atoms with van der Waals surface area (Å²) >= 11 is 6.02. The predicted octanol–water partition coefficient (Wildman–Crippen LogP) is 5.44. The average Bonchev–Trinajstić information content (AvgIpc) is 2.78. The standard InChI is InChI=1S/C25H25ClN2O4.2ClH/c26-18-3-1-2-16(10-18)24(29)14-28-19-6-4-15-5-7-20(12-17(15)11-19)32-21-8-9-23(27)22(13-21)25(30)31;;/h1-3,5,7-10,12-13,19,24,28-29H,4,6,11,14,27H2,(H,30,31);2*1H/t19-,24-;;/m0../s1. The second-order valence-electron chi connectivity index (χ2n) is 8.01. The summed E-state index contributed by atoms with van der Waals surface area (Å²) in [5, 5.41) is 23.8. The van der Waals surface area contributed by atoms with Crippen molar-refractivity contribution in [3.63, 3.8) is 0 Å². The second kappa shape index (κ2) is 12.3. The van der Waals surface area contributed by atoms with Gasteiger partial charge in [-0.3, -0.25) is 0 Å². The van der Waals surface area contributed by atoms with Gasteiger partial charge in [0.05, 0.1) is 11.7 Å². The molecule has 5 N–H and O–H groups in total. The maximum Gasteiger partial charge on any atom is 0.337 e. The topological polar surface area (TPSA) is 105 Å². The molecule has 2 atom stereocenters. The fourth-order valence-electron chi connectivity index (χ4n) is 4.00. The van der Waals surface area contributed by atoms with Gasteiger partial charge >= 0.3 is 5.97 Å². The van der Waals surface area contributed by atoms with Gasteiger partial charge in [0.25, 0.3) is 0 Å². The molecule has 0 aromatic heterocycles. The number of aliphatic hydroxyl groups is 1. The lowest BCUT2D eigenvalue weighted by Gasteiger charge is -2.27. The molecule has 6 nitrogen and oxygen atoms in total. The van der Waals surface area contributed by atoms with E-state index < -0.39 is 12.1 Å². The van der Waals surface area contributed by atoms with E-state index >= 15 is 0 Å². The summed E-state index contributed by atoms with van der Waals surface area (Å²) < 4.78 is 5.90. The minimum Gasteiger partial charge on any atom is -0.478 e. The van der Waals surface area contributed by atoms with Crippen molar-refractivity contribution in [2.75, 3.05) is 12.3 Å². The van der Waals surface area contributed by atoms with E-state index in [4.69, 9.17) is 22.1 Å². The highest BCUT2D eigenvalue weighted by Gasteiger charge is 2.20. The Bertz CT molecular complexity index is 1140. The number of nitrogens with two attached hydrogens (primary N) is 1. The number of aryl methyl sites for hydroxylation is 1. The van der Waals surface area contributed by atoms with Crippen molar-refractivity contribution in [2.45, 2.75) is 31.4 Å². The van der Waals surface area contributed by atoms with Crippen molar-refractivity contribution < 1.29 is 19.7 Å². The monoisotopic (exact) mass is 524 g/mol. The van der Waals surface area contributed by atoms with Gasteiger partial charge in [0.2, 0.25) is 0 Å². The summed E-state index contributed by atoms with van der Waals surface area (Å²) in [6, 6.07) is 18.1. The highest BCUT2D eigenvalue weighted by molar-refractivity contribution is 6.30. The van der Waals surface area contributed by atoms with Gasteiger partial charge in [0.1, 0.15) is 11.5 Å². The highest BCUT2D eigenvalue weighted by Crippen LogP contribution is 2.30. The van der Waals surface area contributed by atoms with Gasteiger partial charge in [-0.25, -0.2) is 4.79 Å². The minimum absolute atomic E-state index is 0. The van der Waals surface area contributed by atoms with Crippen LogP contribution in [0.2, 0.25) is 5.02 Å². The van der Waals surface area contributed by atoms with Crippen LogP contribution >= 0.6 is 36.4 Å². The number of fused-ring (bicyclic) bond motifs is 1. The number of carboxylic acids is 1. The molecular weight excluding hydrogens is 499 g/mol. The van der Waals surface area contributed by atoms with E-state index in [9.17, 15) is 15.0 Å². The summed E-state index contributed by atoms with van der Waals surface area (Å²) in [6.45, 7) is 0.444. The minimum atomic E-state index is -1.09. The molecule has 0 saturated heterocycles. The number of halogens is 3. The van der Waals surface area contributed by atoms with Gasteiger partial charge < -0.3 is 26.0 Å². The van der Waals surface area contributed by atoms with Gasteiger partial charge in [-0.15, -0.1) is 24.8 Å². The molecule has 0 spiro atoms. The van der Waals surface area contributed by atoms with E-state index in [0.717, 1.165) is 24.8 Å². The molecule has 34 heavy (non-hydrogen) atoms. The van der Waals surface area contributed by atoms with E-state index in [1.54, 1.807) is 18.2 Å². The molecule has 0 radical (unpaired) electrons. The van der Waals surface area contributed by atoms with E-state index in [-0.39, 0.29) is 42.1 Å². The van der Waals surface area contributed by atoms with Gasteiger partial charge in [-0.1, -0.05) is 29.8 Å². The number of aliphatic hydroxyl groups excluding tert-OH is 1. The van der Waals surface area contributed by atoms with Crippen molar-refractivity contribution in [3.8, 4) is 11.5 Å². The summed E-state index contributed by atoms with van der Waals surface area (Å²) in [7, 11) is 0. The lowest BCUT2D eigenvalue weighted by molar-refractivity contribution is 0.0697. The molecular formula is C25H27Cl3N2O4. The number of carbonyl (C=O) groups is 1. The third-order valence-corrected chi connectivity index (χ3v) is 5.97. The third-order valence-electron chi connectivity index (χ3n) is 5.73. The van der Waals surface area contributed by atoms with Crippen LogP contribution in [0.5, 0.6) is 11.5 Å². The van der Waals surface area contributed by atoms with Crippen LogP contribution in [0.1, 0.15) is 39.6 Å². The number of nitrogen functional groups attached to an aromatic ring is 1. The highest BCUT2D eigenvalue weighted by atomic mass is 35.5. The third kappa shape index (κ3) is 6.78. The van der Waals surface area contributed by atoms with E-state index in [1.165, 1.54) is 23.3 Å². The zero-order valence-corrected chi connectivity index (χ0v) is 20.6. The van der Waals surface area contributed by atoms with Crippen LogP contribution in [-0.2, 0) is 12.8 Å². The number of benzene rings is 3. The van der Waals surface area contributed by atoms with Crippen molar-refractivity contribution >= 4 is 48.1 Å². The first-order valence-corrected chi connectivity index (χ1v) is 10.9. The zero-order valence-electron chi connectivity index (χ0n) is 18.2. The average molecular weight is 526 g/mol. The number of nitrogens with one attached hydrogen (secondary N) is 1. The first kappa shape index (κ1) is 27.8. The molecule has 0 heterocycles. The van der Waals surface area contributed by atoms with Crippen molar-refractivity contribution in [2.24, 2.45) is 0 Å². The normalized spacial score (nSPS) is 15.3. The Morgan fingerprint density at radius 2 is 1.82 bits per heavy atom. The smallest absolute Gasteiger partial charge is 0.337 e. The van der Waals surface area contributed by atoms with Gasteiger partial charge in [0, 0.05) is 23.3 Å². The van der Waals surface area contributed by atoms with Crippen LogP contribution in [-0.4, -0.2) is 28.8 Å². The predicted molar refractivity (Wildman–Crippen MR) is 139 cm³/mol. The molecule has 182 valence electrons. The van der Waals surface area contributed by atoms with Crippen molar-refractivity contribution in [3.05, 3.63) is 87.9 Å². The SMILES string of the molecule is Cl.Cl.Nc1ccc(Oc2ccc3c(c2)C[C@@H](NC[C@H](O)c2cccc(Cl)c2)CC3)cc1C(=O)O. The van der Waals surface area contributed by atoms with Crippen LogP contribution in [0.4, 0.5) is 5.69 Å². The largest absolute Gasteiger partial charge is 0.478 e. The summed E-state index contributed by atoms with van der Waals surface area (Å²) in [5.41, 5.74) is 9.17. The lowest BCUT2D eigenvalue weighted by Crippen LogP contribution is -2.37. The maximum atomic E-state index is 11.3. The molecule has 0 saturated carbocycles. The Hall–Kier alpha value is -2.48. The number of rotatable bonds is 7. The van der Waals surface area contributed by atoms with E-state index in [1.807, 2.05) is 24.3 Å². The zero-order chi connectivity index (χ0) is 22.7. The number of hydrogen-bond donors (Lipinski definition) is 4. The Labute approximate surface area is 215 Å². The molecule has 4 rings (SSSR count). The van der Waals surface area contributed by atoms with Gasteiger partial charge in [-0.2, -0.15) is 0 Å². The molecule has 0 bridgehead atoms. The van der Waals surface area contributed by atoms with Crippen LogP contribution < -0.4 is 15.8 Å². The Kier molecular flexibility index (Phi) is 10.0. The molecule has 0 unspecified atom stereocenters. The lowest BCUT2D eigenvalue weighted by atomic mass is 9.88. The number of ether oxygens (including phenoxy) is 1. The number of anilines is 1. The fourth-order valence-corrected chi connectivity index (χ4v) is 4.20. The molecule has 0 fully saturated rings. The number of carboxylic acid groups (broad SMARTS) is 1. The van der Waals surface area contributed by atoms with Crippen LogP contribution in [0.15, 0.2) is 60.7 Å². The quantitative estimate of drug-likeness (QED) is 0.306. The molecule has 3 aromatic rings. The molecule has 0 aliphatic heterocycles. The summed E-state index contributed by atoms with van der Waals surface area (Å²) in [6.07, 6.45) is 2.11. The first-order chi connectivity index (χ1) is 15.4. The van der Waals surface area contributed by atoms with Crippen LogP contribution in [0.25, 0.3) is 0 Å². The Balaban J connectivity index is 0.00000204. The molecule has 9 heteroatoms. The fraction of sp³-hybridized carbons (Fsp3) is 0.240. The Morgan fingerprint density at radius 3 is 2.56 bits per heavy atom. The van der Waals surface area contributed by atoms with Crippen molar-refractivity contribution in [1.29, 1.82) is 0 Å². The molecule has 3 aromatic carbocycles. The number of hydrogen-bond acceptors (Lipinski definition) is 5. The van der Waals surface area contributed by atoms with Crippen LogP contribution in [0, 0.1) is 0 Å². The van der Waals surface area contributed by atoms with Crippen LogP contribution in [0.3, 0.4) is 0 Å². The maximum absolute atomic E-state index is 11.3. The van der Waals surface area contributed by atoms with E-state index in [0.29, 0.717) is 23.1 Å². The molecule has 1 aliphatic rings. The second-order valence-corrected chi connectivity index (χ2v) is 8.44. The Morgan fingerprint density at radius 1 is 1.09 bits per heavy atom.